The van der Waals surface area contributed by atoms with E-state index in [2.05, 4.69) is 109 Å². The highest BCUT2D eigenvalue weighted by Crippen LogP contribution is 2.19. The zero-order valence-corrected chi connectivity index (χ0v) is 36.1. The number of aliphatic imine (C=N–C) groups is 1. The molecule has 1 aromatic heterocycles. The maximum Gasteiger partial charge on any atom is 0.314 e. The summed E-state index contributed by atoms with van der Waals surface area (Å²) in [5.41, 5.74) is 2.61. The lowest BCUT2D eigenvalue weighted by molar-refractivity contribution is 0.241. The second-order valence-corrected chi connectivity index (χ2v) is 13.9. The number of nitrogens with zero attached hydrogens (tertiary/aromatic N) is 4. The van der Waals surface area contributed by atoms with Crippen LogP contribution in [-0.2, 0) is 12.2 Å². The number of thiocarbonyl (C=S) groups is 1. The smallest absolute Gasteiger partial charge is 0.314 e. The summed E-state index contributed by atoms with van der Waals surface area (Å²) in [7, 11) is 0. The quantitative estimate of drug-likeness (QED) is 0.0537. The van der Waals surface area contributed by atoms with Crippen molar-refractivity contribution in [3.63, 3.8) is 0 Å². The van der Waals surface area contributed by atoms with Gasteiger partial charge in [-0.1, -0.05) is 63.2 Å². The minimum Gasteiger partial charge on any atom is -0.363 e. The molecule has 1 aromatic carbocycles. The molecular weight excluding hydrogens is 737 g/mol. The molecule has 0 unspecified atom stereocenters. The van der Waals surface area contributed by atoms with Gasteiger partial charge in [-0.05, 0) is 107 Å². The molecule has 2 amide bonds. The van der Waals surface area contributed by atoms with Crippen LogP contribution in [-0.4, -0.2) is 107 Å². The lowest BCUT2D eigenvalue weighted by Gasteiger charge is -2.40. The van der Waals surface area contributed by atoms with Crippen LogP contribution in [0.3, 0.4) is 0 Å². The summed E-state index contributed by atoms with van der Waals surface area (Å²) in [5.74, 6) is 3.05. The first-order chi connectivity index (χ1) is 24.6. The van der Waals surface area contributed by atoms with E-state index in [0.717, 1.165) is 73.8 Å². The van der Waals surface area contributed by atoms with Crippen molar-refractivity contribution in [1.29, 1.82) is 0 Å². The summed E-state index contributed by atoms with van der Waals surface area (Å²) in [4.78, 5) is 30.0. The van der Waals surface area contributed by atoms with Crippen LogP contribution in [0.25, 0.3) is 0 Å². The van der Waals surface area contributed by atoms with Crippen molar-refractivity contribution in [2.24, 2.45) is 4.99 Å². The standard InChI is InChI=1S/C12H13N3S3.C9H17N3.C7H16N2O.C5H12N2S.C2H6S/c1-2-8-3-5-9(6-4-8)7-18-12-14-10(16)13-11(17)15-12;1-2-11-7-4-8-12-6-3-5-10-9(11)12;1-3-5-6-9-7(10)8-4-2;1-3-6-5(8)7-4-2;1-2-3/h3-6H,2,7H2,1H3,(H2,13,14,15,16,17);2-8H2,1H3;3-6H2,1-2H3,(H2,8,9,10);3-4H2,1-2H3,(H2,6,7,8);3H,2H2,1H3. The third-order valence-electron chi connectivity index (χ3n) is 6.92. The summed E-state index contributed by atoms with van der Waals surface area (Å²) in [6, 6.07) is 8.54. The minimum atomic E-state index is -0.0593. The summed E-state index contributed by atoms with van der Waals surface area (Å²) in [6.07, 6.45) is 5.77. The van der Waals surface area contributed by atoms with E-state index in [4.69, 9.17) is 36.7 Å². The first-order valence-electron chi connectivity index (χ1n) is 18.2. The van der Waals surface area contributed by atoms with Gasteiger partial charge in [-0.15, -0.1) is 0 Å². The van der Waals surface area contributed by atoms with E-state index in [-0.39, 0.29) is 6.03 Å². The van der Waals surface area contributed by atoms with Crippen LogP contribution in [0.5, 0.6) is 0 Å². The van der Waals surface area contributed by atoms with Gasteiger partial charge in [-0.25, -0.2) is 4.79 Å². The van der Waals surface area contributed by atoms with Gasteiger partial charge in [-0.3, -0.25) is 4.99 Å². The molecule has 0 radical (unpaired) electrons. The third kappa shape index (κ3) is 24.5. The van der Waals surface area contributed by atoms with Gasteiger partial charge < -0.3 is 41.0 Å². The molecule has 0 spiro atoms. The molecule has 2 aliphatic rings. The normalized spacial score (nSPS) is 12.7. The molecule has 3 heterocycles. The Morgan fingerprint density at radius 1 is 0.882 bits per heavy atom. The van der Waals surface area contributed by atoms with Gasteiger partial charge in [0.05, 0.1) is 0 Å². The van der Waals surface area contributed by atoms with E-state index >= 15 is 0 Å². The van der Waals surface area contributed by atoms with Crippen LogP contribution in [0.15, 0.2) is 34.4 Å². The van der Waals surface area contributed by atoms with Crippen molar-refractivity contribution in [2.45, 2.75) is 91.5 Å². The average Bonchev–Trinajstić information content (AvgIpc) is 3.12. The number of aromatic nitrogens is 3. The molecule has 2 aromatic rings. The number of nitrogens with one attached hydrogen (secondary N) is 6. The van der Waals surface area contributed by atoms with Gasteiger partial charge in [0.2, 0.25) is 4.77 Å². The fourth-order valence-corrected chi connectivity index (χ4v) is 6.14. The lowest BCUT2D eigenvalue weighted by Crippen LogP contribution is -2.52. The Hall–Kier alpha value is -2.40. The lowest BCUT2D eigenvalue weighted by atomic mass is 10.1. The highest BCUT2D eigenvalue weighted by Gasteiger charge is 2.23. The number of aromatic amines is 2. The zero-order valence-electron chi connectivity index (χ0n) is 31.9. The molecule has 1 saturated heterocycles. The number of hydrogen-bond acceptors (Lipinski definition) is 10. The Balaban J connectivity index is 0.000000667. The number of rotatable bonds is 11. The molecule has 0 aliphatic carbocycles. The number of carbonyl (C=O) groups is 1. The zero-order chi connectivity index (χ0) is 38.3. The van der Waals surface area contributed by atoms with Gasteiger partial charge in [0.1, 0.15) is 0 Å². The average molecular weight is 801 g/mol. The Morgan fingerprint density at radius 2 is 1.49 bits per heavy atom. The van der Waals surface area contributed by atoms with E-state index in [1.165, 1.54) is 49.6 Å². The number of urea groups is 1. The van der Waals surface area contributed by atoms with Crippen LogP contribution in [0.2, 0.25) is 0 Å². The fourth-order valence-electron chi connectivity index (χ4n) is 4.45. The molecule has 51 heavy (non-hydrogen) atoms. The largest absolute Gasteiger partial charge is 0.363 e. The molecule has 4 rings (SSSR count). The van der Waals surface area contributed by atoms with Crippen LogP contribution >= 0.6 is 61.0 Å². The monoisotopic (exact) mass is 800 g/mol. The highest BCUT2D eigenvalue weighted by atomic mass is 32.2. The molecule has 11 nitrogen and oxygen atoms in total. The van der Waals surface area contributed by atoms with E-state index in [1.807, 2.05) is 27.7 Å². The number of carbonyl (C=O) groups excluding carboxylic acids is 1. The molecule has 290 valence electrons. The predicted octanol–water partition coefficient (Wildman–Crippen LogP) is 7.36. The Morgan fingerprint density at radius 3 is 2.04 bits per heavy atom. The second kappa shape index (κ2) is 32.3. The van der Waals surface area contributed by atoms with E-state index in [1.54, 1.807) is 11.8 Å². The maximum absolute atomic E-state index is 10.7. The number of benzene rings is 1. The number of fused-ring (bicyclic) bond motifs is 1. The van der Waals surface area contributed by atoms with Crippen molar-refractivity contribution in [3.8, 4) is 0 Å². The molecule has 0 bridgehead atoms. The fraction of sp³-hybridized carbons (Fsp3) is 0.657. The van der Waals surface area contributed by atoms with Crippen molar-refractivity contribution < 1.29 is 4.79 Å². The van der Waals surface area contributed by atoms with Gasteiger partial charge in [0.25, 0.3) is 0 Å². The summed E-state index contributed by atoms with van der Waals surface area (Å²) >= 11 is 20.2. The van der Waals surface area contributed by atoms with Crippen LogP contribution in [0.1, 0.15) is 85.3 Å². The van der Waals surface area contributed by atoms with Crippen molar-refractivity contribution in [1.82, 2.24) is 46.0 Å². The predicted molar refractivity (Wildman–Crippen MR) is 232 cm³/mol. The Labute approximate surface area is 333 Å². The van der Waals surface area contributed by atoms with Gasteiger partial charge >= 0.3 is 6.03 Å². The van der Waals surface area contributed by atoms with E-state index < -0.39 is 0 Å². The number of aryl methyl sites for hydroxylation is 1. The number of hydrogen-bond donors (Lipinski definition) is 7. The summed E-state index contributed by atoms with van der Waals surface area (Å²) in [5, 5.41) is 12.8. The number of guanidine groups is 1. The van der Waals surface area contributed by atoms with Crippen molar-refractivity contribution in [2.75, 3.05) is 64.7 Å². The number of H-pyrrole nitrogens is 2. The first-order valence-corrected chi connectivity index (χ1v) is 21.1. The van der Waals surface area contributed by atoms with Gasteiger partial charge in [0.15, 0.2) is 21.0 Å². The van der Waals surface area contributed by atoms with Crippen LogP contribution in [0.4, 0.5) is 4.79 Å². The van der Waals surface area contributed by atoms with Crippen molar-refractivity contribution in [3.05, 3.63) is 44.9 Å². The number of thiol groups is 1. The van der Waals surface area contributed by atoms with Crippen molar-refractivity contribution >= 4 is 78.1 Å². The minimum absolute atomic E-state index is 0.0593. The molecule has 1 fully saturated rings. The first kappa shape index (κ1) is 48.6. The summed E-state index contributed by atoms with van der Waals surface area (Å²) in [6.45, 7) is 23.4. The Kier molecular flexibility index (Phi) is 30.7. The third-order valence-corrected chi connectivity index (χ3v) is 8.55. The molecule has 0 saturated carbocycles. The van der Waals surface area contributed by atoms with Crippen LogP contribution in [0, 0.1) is 9.54 Å². The highest BCUT2D eigenvalue weighted by molar-refractivity contribution is 7.98. The van der Waals surface area contributed by atoms with Crippen LogP contribution < -0.4 is 21.3 Å². The topological polar surface area (TPSA) is 128 Å². The Bertz CT molecular complexity index is 1300. The van der Waals surface area contributed by atoms with E-state index in [9.17, 15) is 4.79 Å². The molecular formula is C35H64N10OS5. The van der Waals surface area contributed by atoms with Gasteiger partial charge in [0, 0.05) is 64.7 Å². The molecule has 6 N–H and O–H groups in total. The molecule has 16 heteroatoms. The molecule has 2 aliphatic heterocycles. The van der Waals surface area contributed by atoms with Gasteiger partial charge in [-0.2, -0.15) is 17.6 Å². The number of thioether (sulfide) groups is 1. The second-order valence-electron chi connectivity index (χ2n) is 11.1. The maximum atomic E-state index is 10.7. The number of amides is 2. The molecule has 0 atom stereocenters. The summed E-state index contributed by atoms with van der Waals surface area (Å²) < 4.78 is 0.932. The number of unbranched alkanes of at least 4 members (excludes halogenated alkanes) is 1. The SMILES string of the molecule is CCCCNC(=O)NCC.CCN1CCCN2CCCN=C12.CCNC(=S)NCC.CCS.CCc1ccc(CSc2nc(=S)[nH]c(=S)[nH]2)cc1. The van der Waals surface area contributed by atoms with E-state index in [0.29, 0.717) is 16.1 Å².